The first-order valence-corrected chi connectivity index (χ1v) is 5.54. The Morgan fingerprint density at radius 2 is 2.12 bits per heavy atom. The lowest BCUT2D eigenvalue weighted by Crippen LogP contribution is -2.31. The Hall–Kier alpha value is -1.68. The van der Waals surface area contributed by atoms with Gasteiger partial charge in [0.25, 0.3) is 0 Å². The van der Waals surface area contributed by atoms with E-state index in [0.717, 1.165) is 18.7 Å². The lowest BCUT2D eigenvalue weighted by atomic mass is 10.2. The summed E-state index contributed by atoms with van der Waals surface area (Å²) in [7, 11) is 0. The summed E-state index contributed by atoms with van der Waals surface area (Å²) in [6.45, 7) is 4.22. The highest BCUT2D eigenvalue weighted by Crippen LogP contribution is 2.26. The second-order valence-electron chi connectivity index (χ2n) is 4.10. The molecule has 1 aliphatic heterocycles. The molecule has 0 fully saturated rings. The van der Waals surface area contributed by atoms with Crippen LogP contribution in [-0.2, 0) is 6.54 Å². The zero-order valence-electron chi connectivity index (χ0n) is 9.22. The number of aromatic nitrogens is 3. The third-order valence-electron chi connectivity index (χ3n) is 3.10. The summed E-state index contributed by atoms with van der Waals surface area (Å²) in [4.78, 5) is 8.14. The number of hydrogen-bond donors (Lipinski definition) is 1. The van der Waals surface area contributed by atoms with Crippen molar-refractivity contribution in [3.63, 3.8) is 0 Å². The predicted molar refractivity (Wildman–Crippen MR) is 61.9 cm³/mol. The van der Waals surface area contributed by atoms with E-state index in [-0.39, 0.29) is 0 Å². The molecule has 1 N–H and O–H groups in total. The molecule has 0 spiro atoms. The van der Waals surface area contributed by atoms with Crippen LogP contribution in [0.15, 0.2) is 30.9 Å². The average Bonchev–Trinajstić information content (AvgIpc) is 2.75. The third-order valence-corrected chi connectivity index (χ3v) is 3.10. The molecule has 4 heteroatoms. The smallest absolute Gasteiger partial charge is 0.115 e. The van der Waals surface area contributed by atoms with Crippen LogP contribution in [0.25, 0.3) is 11.3 Å². The molecule has 16 heavy (non-hydrogen) atoms. The van der Waals surface area contributed by atoms with Crippen LogP contribution in [0.1, 0.15) is 18.7 Å². The zero-order valence-corrected chi connectivity index (χ0v) is 9.22. The normalized spacial score (nSPS) is 19.4. The molecule has 82 valence electrons. The minimum absolute atomic E-state index is 0.423. The van der Waals surface area contributed by atoms with E-state index in [1.54, 1.807) is 6.33 Å². The zero-order chi connectivity index (χ0) is 11.0. The fourth-order valence-electron chi connectivity index (χ4n) is 2.29. The molecule has 4 nitrogen and oxygen atoms in total. The van der Waals surface area contributed by atoms with Gasteiger partial charge in [0.15, 0.2) is 0 Å². The maximum absolute atomic E-state index is 4.07. The van der Waals surface area contributed by atoms with E-state index in [4.69, 9.17) is 0 Å². The van der Waals surface area contributed by atoms with Gasteiger partial charge in [0.05, 0.1) is 5.69 Å². The first kappa shape index (κ1) is 9.54. The van der Waals surface area contributed by atoms with Gasteiger partial charge >= 0.3 is 0 Å². The Morgan fingerprint density at radius 3 is 2.94 bits per heavy atom. The van der Waals surface area contributed by atoms with E-state index < -0.39 is 0 Å². The molecule has 0 saturated carbocycles. The first-order chi connectivity index (χ1) is 7.86. The van der Waals surface area contributed by atoms with Crippen LogP contribution in [0.5, 0.6) is 0 Å². The number of nitrogens with zero attached hydrogens (tertiary/aromatic N) is 3. The van der Waals surface area contributed by atoms with Gasteiger partial charge < -0.3 is 9.88 Å². The van der Waals surface area contributed by atoms with Gasteiger partial charge in [-0.25, -0.2) is 9.97 Å². The number of hydrogen-bond acceptors (Lipinski definition) is 3. The minimum Gasteiger partial charge on any atom is -0.342 e. The van der Waals surface area contributed by atoms with Gasteiger partial charge in [0, 0.05) is 42.8 Å². The maximum Gasteiger partial charge on any atom is 0.115 e. The van der Waals surface area contributed by atoms with Crippen LogP contribution in [0.2, 0.25) is 0 Å². The van der Waals surface area contributed by atoms with E-state index in [0.29, 0.717) is 6.04 Å². The highest BCUT2D eigenvalue weighted by Gasteiger charge is 2.18. The molecule has 0 radical (unpaired) electrons. The Kier molecular flexibility index (Phi) is 2.22. The molecule has 0 amide bonds. The maximum atomic E-state index is 4.07. The monoisotopic (exact) mass is 214 g/mol. The van der Waals surface area contributed by atoms with Gasteiger partial charge in [0.1, 0.15) is 6.33 Å². The Bertz CT molecular complexity index is 489. The van der Waals surface area contributed by atoms with Crippen LogP contribution >= 0.6 is 0 Å². The Labute approximate surface area is 94.4 Å². The topological polar surface area (TPSA) is 42.7 Å². The van der Waals surface area contributed by atoms with Gasteiger partial charge in [-0.15, -0.1) is 0 Å². The molecule has 0 aromatic carbocycles. The summed E-state index contributed by atoms with van der Waals surface area (Å²) in [6.07, 6.45) is 5.29. The van der Waals surface area contributed by atoms with E-state index in [2.05, 4.69) is 38.9 Å². The van der Waals surface area contributed by atoms with Crippen molar-refractivity contribution in [2.75, 3.05) is 6.54 Å². The van der Waals surface area contributed by atoms with Crippen molar-refractivity contribution < 1.29 is 0 Å². The average molecular weight is 214 g/mol. The van der Waals surface area contributed by atoms with Crippen molar-refractivity contribution in [3.05, 3.63) is 36.5 Å². The second kappa shape index (κ2) is 3.72. The summed E-state index contributed by atoms with van der Waals surface area (Å²) in [5, 5.41) is 3.45. The van der Waals surface area contributed by atoms with Crippen LogP contribution < -0.4 is 5.32 Å². The molecule has 1 atom stereocenters. The highest BCUT2D eigenvalue weighted by atomic mass is 15.1. The van der Waals surface area contributed by atoms with Gasteiger partial charge in [-0.05, 0) is 19.1 Å². The van der Waals surface area contributed by atoms with Crippen LogP contribution in [0.4, 0.5) is 0 Å². The predicted octanol–water partition coefficient (Wildman–Crippen LogP) is 1.61. The lowest BCUT2D eigenvalue weighted by molar-refractivity contribution is 0.451. The highest BCUT2D eigenvalue weighted by molar-refractivity contribution is 5.59. The third kappa shape index (κ3) is 1.42. The summed E-state index contributed by atoms with van der Waals surface area (Å²) >= 11 is 0. The van der Waals surface area contributed by atoms with Crippen LogP contribution in [0.3, 0.4) is 0 Å². The number of fused-ring (bicyclic) bond motifs is 1. The quantitative estimate of drug-likeness (QED) is 0.784. The van der Waals surface area contributed by atoms with E-state index in [9.17, 15) is 0 Å². The van der Waals surface area contributed by atoms with Crippen molar-refractivity contribution in [2.24, 2.45) is 0 Å². The SMILES string of the molecule is CC1NCCn2c(-c3cncnc3)ccc21. The number of nitrogens with one attached hydrogen (secondary N) is 1. The fraction of sp³-hybridized carbons (Fsp3) is 0.333. The minimum atomic E-state index is 0.423. The molecule has 1 unspecified atom stereocenters. The Balaban J connectivity index is 2.10. The second-order valence-corrected chi connectivity index (χ2v) is 4.10. The molecular formula is C12H14N4. The van der Waals surface area contributed by atoms with Crippen LogP contribution in [-0.4, -0.2) is 21.1 Å². The summed E-state index contributed by atoms with van der Waals surface area (Å²) in [6, 6.07) is 4.75. The standard InChI is InChI=1S/C12H14N4/c1-9-11-2-3-12(16(11)5-4-15-9)10-6-13-8-14-7-10/h2-3,6-9,15H,4-5H2,1H3. The molecule has 0 bridgehead atoms. The molecule has 0 aliphatic carbocycles. The molecule has 1 aliphatic rings. The van der Waals surface area contributed by atoms with Gasteiger partial charge in [0.2, 0.25) is 0 Å². The fourth-order valence-corrected chi connectivity index (χ4v) is 2.29. The number of rotatable bonds is 1. The van der Waals surface area contributed by atoms with Crippen molar-refractivity contribution in [2.45, 2.75) is 19.5 Å². The summed E-state index contributed by atoms with van der Waals surface area (Å²) in [5.41, 5.74) is 3.64. The summed E-state index contributed by atoms with van der Waals surface area (Å²) in [5.74, 6) is 0. The van der Waals surface area contributed by atoms with Crippen molar-refractivity contribution in [3.8, 4) is 11.3 Å². The molecule has 3 heterocycles. The molecule has 0 saturated heterocycles. The Morgan fingerprint density at radius 1 is 1.31 bits per heavy atom. The van der Waals surface area contributed by atoms with Gasteiger partial charge in [-0.2, -0.15) is 0 Å². The lowest BCUT2D eigenvalue weighted by Gasteiger charge is -2.24. The van der Waals surface area contributed by atoms with Crippen molar-refractivity contribution in [1.29, 1.82) is 0 Å². The van der Waals surface area contributed by atoms with Crippen molar-refractivity contribution >= 4 is 0 Å². The van der Waals surface area contributed by atoms with E-state index in [1.165, 1.54) is 11.4 Å². The summed E-state index contributed by atoms with van der Waals surface area (Å²) < 4.78 is 2.35. The largest absolute Gasteiger partial charge is 0.342 e. The molecule has 3 rings (SSSR count). The van der Waals surface area contributed by atoms with Gasteiger partial charge in [-0.1, -0.05) is 0 Å². The molecule has 2 aromatic heterocycles. The van der Waals surface area contributed by atoms with Gasteiger partial charge in [-0.3, -0.25) is 0 Å². The first-order valence-electron chi connectivity index (χ1n) is 5.54. The van der Waals surface area contributed by atoms with E-state index >= 15 is 0 Å². The van der Waals surface area contributed by atoms with Crippen LogP contribution in [0, 0.1) is 0 Å². The van der Waals surface area contributed by atoms with E-state index in [1.807, 2.05) is 12.4 Å². The molecular weight excluding hydrogens is 200 g/mol. The molecule has 2 aromatic rings. The van der Waals surface area contributed by atoms with Crippen molar-refractivity contribution in [1.82, 2.24) is 19.9 Å².